The van der Waals surface area contributed by atoms with Crippen molar-refractivity contribution in [1.82, 2.24) is 15.3 Å². The van der Waals surface area contributed by atoms with Crippen molar-refractivity contribution in [1.29, 1.82) is 0 Å². The number of carbonyl (C=O) groups excluding carboxylic acids is 1. The van der Waals surface area contributed by atoms with Crippen molar-refractivity contribution >= 4 is 5.91 Å². The molecule has 1 atom stereocenters. The molecule has 1 aliphatic heterocycles. The summed E-state index contributed by atoms with van der Waals surface area (Å²) < 4.78 is 5.76. The minimum Gasteiger partial charge on any atom is -0.488 e. The summed E-state index contributed by atoms with van der Waals surface area (Å²) in [4.78, 5) is 39.6. The second-order valence-corrected chi connectivity index (χ2v) is 5.87. The van der Waals surface area contributed by atoms with Gasteiger partial charge in [0, 0.05) is 24.1 Å². The molecule has 1 aromatic carbocycles. The van der Waals surface area contributed by atoms with Crippen molar-refractivity contribution in [3.05, 3.63) is 61.9 Å². The maximum absolute atomic E-state index is 12.0. The van der Waals surface area contributed by atoms with Gasteiger partial charge >= 0.3 is 5.69 Å². The lowest BCUT2D eigenvalue weighted by Crippen LogP contribution is -2.35. The van der Waals surface area contributed by atoms with Crippen LogP contribution in [0.3, 0.4) is 0 Å². The van der Waals surface area contributed by atoms with Crippen LogP contribution in [0.5, 0.6) is 5.75 Å². The van der Waals surface area contributed by atoms with E-state index < -0.39 is 11.2 Å². The number of aromatic amines is 2. The molecule has 0 aliphatic carbocycles. The topological polar surface area (TPSA) is 104 Å². The first-order chi connectivity index (χ1) is 11.5. The second-order valence-electron chi connectivity index (χ2n) is 5.87. The molecule has 126 valence electrons. The number of para-hydroxylation sites is 1. The highest BCUT2D eigenvalue weighted by Crippen LogP contribution is 2.27. The Kier molecular flexibility index (Phi) is 4.50. The molecular formula is C17H19N3O4. The standard InChI is InChI=1S/C17H19N3O4/c1-10-13(16(22)20-17(23)19-10)6-7-15(21)18-9-12-8-11-4-2-3-5-14(11)24-12/h2-5,12H,6-9H2,1H3,(H,18,21)(H2,19,20,22,23). The zero-order chi connectivity index (χ0) is 17.1. The van der Waals surface area contributed by atoms with Gasteiger partial charge in [-0.1, -0.05) is 18.2 Å². The third kappa shape index (κ3) is 3.56. The highest BCUT2D eigenvalue weighted by molar-refractivity contribution is 5.76. The molecule has 0 spiro atoms. The first-order valence-electron chi connectivity index (χ1n) is 7.86. The minimum atomic E-state index is -0.538. The summed E-state index contributed by atoms with van der Waals surface area (Å²) in [6.07, 6.45) is 1.16. The van der Waals surface area contributed by atoms with Crippen molar-refractivity contribution in [2.45, 2.75) is 32.3 Å². The number of nitrogens with one attached hydrogen (secondary N) is 3. The molecule has 0 saturated carbocycles. The highest BCUT2D eigenvalue weighted by atomic mass is 16.5. The first-order valence-corrected chi connectivity index (χ1v) is 7.86. The molecule has 24 heavy (non-hydrogen) atoms. The van der Waals surface area contributed by atoms with Gasteiger partial charge in [-0.3, -0.25) is 14.6 Å². The van der Waals surface area contributed by atoms with Crippen molar-refractivity contribution in [2.24, 2.45) is 0 Å². The molecule has 0 fully saturated rings. The maximum Gasteiger partial charge on any atom is 0.325 e. The largest absolute Gasteiger partial charge is 0.488 e. The molecule has 3 rings (SSSR count). The van der Waals surface area contributed by atoms with Gasteiger partial charge in [0.25, 0.3) is 5.56 Å². The number of fused-ring (bicyclic) bond motifs is 1. The summed E-state index contributed by atoms with van der Waals surface area (Å²) in [6, 6.07) is 7.82. The van der Waals surface area contributed by atoms with Crippen molar-refractivity contribution in [3.8, 4) is 5.75 Å². The Morgan fingerprint density at radius 3 is 2.83 bits per heavy atom. The van der Waals surface area contributed by atoms with E-state index in [1.165, 1.54) is 0 Å². The number of amides is 1. The van der Waals surface area contributed by atoms with Crippen LogP contribution < -0.4 is 21.3 Å². The number of H-pyrrole nitrogens is 2. The van der Waals surface area contributed by atoms with E-state index in [9.17, 15) is 14.4 Å². The number of hydrogen-bond acceptors (Lipinski definition) is 4. The molecule has 1 unspecified atom stereocenters. The van der Waals surface area contributed by atoms with Crippen LogP contribution in [0.15, 0.2) is 33.9 Å². The zero-order valence-electron chi connectivity index (χ0n) is 13.3. The molecule has 0 radical (unpaired) electrons. The fourth-order valence-corrected chi connectivity index (χ4v) is 2.85. The van der Waals surface area contributed by atoms with Gasteiger partial charge in [0.2, 0.25) is 5.91 Å². The van der Waals surface area contributed by atoms with E-state index in [2.05, 4.69) is 15.3 Å². The van der Waals surface area contributed by atoms with Gasteiger partial charge in [0.15, 0.2) is 0 Å². The lowest BCUT2D eigenvalue weighted by molar-refractivity contribution is -0.121. The number of rotatable bonds is 5. The summed E-state index contributed by atoms with van der Waals surface area (Å²) in [5.74, 6) is 0.715. The van der Waals surface area contributed by atoms with E-state index in [-0.39, 0.29) is 24.9 Å². The Bertz CT molecular complexity index is 844. The van der Waals surface area contributed by atoms with Crippen molar-refractivity contribution in [3.63, 3.8) is 0 Å². The molecular weight excluding hydrogens is 310 g/mol. The van der Waals surface area contributed by atoms with Crippen molar-refractivity contribution < 1.29 is 9.53 Å². The summed E-state index contributed by atoms with van der Waals surface area (Å²) in [5, 5.41) is 2.83. The number of carbonyl (C=O) groups is 1. The molecule has 1 aromatic heterocycles. The fraction of sp³-hybridized carbons (Fsp3) is 0.353. The predicted molar refractivity (Wildman–Crippen MR) is 88.3 cm³/mol. The van der Waals surface area contributed by atoms with Crippen LogP contribution in [0, 0.1) is 6.92 Å². The summed E-state index contributed by atoms with van der Waals surface area (Å²) >= 11 is 0. The predicted octanol–water partition coefficient (Wildman–Crippen LogP) is 0.424. The van der Waals surface area contributed by atoms with Crippen LogP contribution >= 0.6 is 0 Å². The summed E-state index contributed by atoms with van der Waals surface area (Å²) in [6.45, 7) is 2.07. The fourth-order valence-electron chi connectivity index (χ4n) is 2.85. The van der Waals surface area contributed by atoms with E-state index in [0.717, 1.165) is 17.7 Å². The van der Waals surface area contributed by atoms with Gasteiger partial charge in [-0.05, 0) is 25.0 Å². The normalized spacial score (nSPS) is 15.6. The quantitative estimate of drug-likeness (QED) is 0.739. The van der Waals surface area contributed by atoms with Crippen LogP contribution in [-0.2, 0) is 17.6 Å². The van der Waals surface area contributed by atoms with Gasteiger partial charge in [-0.15, -0.1) is 0 Å². The molecule has 2 heterocycles. The van der Waals surface area contributed by atoms with Gasteiger partial charge in [0.05, 0.1) is 6.54 Å². The Hall–Kier alpha value is -2.83. The lowest BCUT2D eigenvalue weighted by Gasteiger charge is -2.12. The van der Waals surface area contributed by atoms with Gasteiger partial charge in [-0.25, -0.2) is 4.79 Å². The number of aromatic nitrogens is 2. The van der Waals surface area contributed by atoms with E-state index in [1.54, 1.807) is 6.92 Å². The monoisotopic (exact) mass is 329 g/mol. The number of hydrogen-bond donors (Lipinski definition) is 3. The smallest absolute Gasteiger partial charge is 0.325 e. The molecule has 7 heteroatoms. The Balaban J connectivity index is 1.49. The summed E-state index contributed by atoms with van der Waals surface area (Å²) in [5.41, 5.74) is 1.08. The first kappa shape index (κ1) is 16.0. The van der Waals surface area contributed by atoms with E-state index in [4.69, 9.17) is 4.74 Å². The van der Waals surface area contributed by atoms with Crippen LogP contribution in [0.25, 0.3) is 0 Å². The average molecular weight is 329 g/mol. The number of aryl methyl sites for hydroxylation is 1. The van der Waals surface area contributed by atoms with Gasteiger partial charge in [-0.2, -0.15) is 0 Å². The molecule has 3 N–H and O–H groups in total. The van der Waals surface area contributed by atoms with Gasteiger partial charge in [0.1, 0.15) is 11.9 Å². The highest BCUT2D eigenvalue weighted by Gasteiger charge is 2.22. The SMILES string of the molecule is Cc1[nH]c(=O)[nH]c(=O)c1CCC(=O)NCC1Cc2ccccc2O1. The van der Waals surface area contributed by atoms with Gasteiger partial charge < -0.3 is 15.0 Å². The molecule has 0 bridgehead atoms. The zero-order valence-corrected chi connectivity index (χ0v) is 13.3. The number of ether oxygens (including phenoxy) is 1. The maximum atomic E-state index is 12.0. The molecule has 2 aromatic rings. The van der Waals surface area contributed by atoms with E-state index in [1.807, 2.05) is 24.3 Å². The Morgan fingerprint density at radius 2 is 2.08 bits per heavy atom. The molecule has 0 saturated heterocycles. The van der Waals surface area contributed by atoms with Crippen molar-refractivity contribution in [2.75, 3.05) is 6.54 Å². The van der Waals surface area contributed by atoms with Crippen LogP contribution in [0.4, 0.5) is 0 Å². The lowest BCUT2D eigenvalue weighted by atomic mass is 10.1. The Morgan fingerprint density at radius 1 is 1.29 bits per heavy atom. The van der Waals surface area contributed by atoms with Crippen LogP contribution in [0.1, 0.15) is 23.2 Å². The number of benzene rings is 1. The van der Waals surface area contributed by atoms with E-state index in [0.29, 0.717) is 17.8 Å². The summed E-state index contributed by atoms with van der Waals surface area (Å²) in [7, 11) is 0. The molecule has 1 amide bonds. The Labute approximate surface area is 138 Å². The third-order valence-electron chi connectivity index (χ3n) is 4.10. The molecule has 1 aliphatic rings. The average Bonchev–Trinajstić information content (AvgIpc) is 2.94. The second kappa shape index (κ2) is 6.74. The minimum absolute atomic E-state index is 0.0652. The third-order valence-corrected chi connectivity index (χ3v) is 4.10. The van der Waals surface area contributed by atoms with E-state index >= 15 is 0 Å². The molecule has 7 nitrogen and oxygen atoms in total. The van der Waals surface area contributed by atoms with Crippen LogP contribution in [-0.4, -0.2) is 28.5 Å². The van der Waals surface area contributed by atoms with Crippen LogP contribution in [0.2, 0.25) is 0 Å².